The minimum absolute atomic E-state index is 0.0568. The van der Waals surface area contributed by atoms with Gasteiger partial charge in [-0.3, -0.25) is 9.59 Å². The number of carbonyl (C=O) groups is 1. The fourth-order valence-corrected chi connectivity index (χ4v) is 3.96. The van der Waals surface area contributed by atoms with Crippen molar-refractivity contribution in [2.75, 3.05) is 13.7 Å². The Balaban J connectivity index is 1.73. The number of H-pyrrole nitrogens is 1. The number of nitrogens with zero attached hydrogens (tertiary/aromatic N) is 1. The summed E-state index contributed by atoms with van der Waals surface area (Å²) < 4.78 is 55.0. The highest BCUT2D eigenvalue weighted by molar-refractivity contribution is 7.99. The van der Waals surface area contributed by atoms with Crippen molar-refractivity contribution >= 4 is 17.7 Å². The molecule has 12 heteroatoms. The molecule has 0 saturated heterocycles. The van der Waals surface area contributed by atoms with Crippen LogP contribution in [0.15, 0.2) is 63.4 Å². The predicted molar refractivity (Wildman–Crippen MR) is 136 cm³/mol. The van der Waals surface area contributed by atoms with Crippen LogP contribution in [-0.4, -0.2) is 41.8 Å². The Morgan fingerprint density at radius 3 is 2.39 bits per heavy atom. The second kappa shape index (κ2) is 12.4. The minimum atomic E-state index is -4.45. The SMILES string of the molecule is COc1cc(-c2c[nH]c(=O)c(Sc3ccc(C(F)(F)F)cc3)n2)ccc1OCC(C)OC(=O)C(N)C(C)C. The third-order valence-corrected chi connectivity index (χ3v) is 6.37. The number of methoxy groups -OCH3 is 1. The summed E-state index contributed by atoms with van der Waals surface area (Å²) in [6.07, 6.45) is -3.58. The molecule has 2 atom stereocenters. The number of aromatic nitrogens is 2. The highest BCUT2D eigenvalue weighted by atomic mass is 32.2. The van der Waals surface area contributed by atoms with Gasteiger partial charge in [0.1, 0.15) is 18.8 Å². The van der Waals surface area contributed by atoms with Crippen molar-refractivity contribution in [1.29, 1.82) is 0 Å². The third kappa shape index (κ3) is 7.51. The first-order valence-electron chi connectivity index (χ1n) is 11.6. The number of hydrogen-bond acceptors (Lipinski definition) is 8. The molecular weight excluding hydrogens is 523 g/mol. The third-order valence-electron chi connectivity index (χ3n) is 5.39. The molecule has 3 N–H and O–H groups in total. The van der Waals surface area contributed by atoms with E-state index in [0.717, 1.165) is 23.9 Å². The lowest BCUT2D eigenvalue weighted by molar-refractivity contribution is -0.152. The van der Waals surface area contributed by atoms with Crippen LogP contribution in [0.1, 0.15) is 26.3 Å². The first-order valence-corrected chi connectivity index (χ1v) is 12.4. The second-order valence-electron chi connectivity index (χ2n) is 8.74. The van der Waals surface area contributed by atoms with Crippen molar-refractivity contribution in [1.82, 2.24) is 9.97 Å². The number of aromatic amines is 1. The topological polar surface area (TPSA) is 117 Å². The van der Waals surface area contributed by atoms with E-state index in [1.165, 1.54) is 25.4 Å². The van der Waals surface area contributed by atoms with Gasteiger partial charge >= 0.3 is 12.1 Å². The predicted octanol–water partition coefficient (Wildman–Crippen LogP) is 4.91. The number of halogens is 3. The van der Waals surface area contributed by atoms with Crippen LogP contribution in [0.5, 0.6) is 11.5 Å². The largest absolute Gasteiger partial charge is 0.493 e. The first-order chi connectivity index (χ1) is 17.9. The van der Waals surface area contributed by atoms with E-state index in [0.29, 0.717) is 27.7 Å². The number of nitrogens with two attached hydrogens (primary N) is 1. The maximum Gasteiger partial charge on any atom is 0.416 e. The van der Waals surface area contributed by atoms with Crippen molar-refractivity contribution in [3.05, 3.63) is 64.6 Å². The van der Waals surface area contributed by atoms with Gasteiger partial charge in [0.2, 0.25) is 0 Å². The van der Waals surface area contributed by atoms with E-state index in [2.05, 4.69) is 9.97 Å². The van der Waals surface area contributed by atoms with E-state index >= 15 is 0 Å². The maximum absolute atomic E-state index is 12.8. The van der Waals surface area contributed by atoms with Crippen LogP contribution in [0, 0.1) is 5.92 Å². The lowest BCUT2D eigenvalue weighted by Gasteiger charge is -2.20. The maximum atomic E-state index is 12.8. The summed E-state index contributed by atoms with van der Waals surface area (Å²) in [5.74, 6) is 0.215. The lowest BCUT2D eigenvalue weighted by Crippen LogP contribution is -2.39. The number of nitrogens with one attached hydrogen (secondary N) is 1. The quantitative estimate of drug-likeness (QED) is 0.342. The molecule has 1 heterocycles. The molecule has 0 bridgehead atoms. The fourth-order valence-electron chi connectivity index (χ4n) is 3.17. The van der Waals surface area contributed by atoms with Crippen LogP contribution < -0.4 is 20.8 Å². The van der Waals surface area contributed by atoms with E-state index in [-0.39, 0.29) is 17.6 Å². The Morgan fingerprint density at radius 1 is 1.11 bits per heavy atom. The normalized spacial score (nSPS) is 13.2. The summed E-state index contributed by atoms with van der Waals surface area (Å²) in [5, 5.41) is 0.0665. The molecule has 0 aliphatic heterocycles. The van der Waals surface area contributed by atoms with Crippen LogP contribution >= 0.6 is 11.8 Å². The second-order valence-corrected chi connectivity index (χ2v) is 9.80. The highest BCUT2D eigenvalue weighted by Gasteiger charge is 2.30. The molecule has 3 aromatic rings. The van der Waals surface area contributed by atoms with Gasteiger partial charge in [0.05, 0.1) is 18.4 Å². The van der Waals surface area contributed by atoms with Gasteiger partial charge in [0, 0.05) is 16.7 Å². The molecule has 0 spiro atoms. The van der Waals surface area contributed by atoms with E-state index in [9.17, 15) is 22.8 Å². The average Bonchev–Trinajstić information content (AvgIpc) is 2.87. The zero-order valence-electron chi connectivity index (χ0n) is 21.2. The molecule has 1 aromatic heterocycles. The molecular formula is C26H28F3N3O5S. The fraction of sp³-hybridized carbons (Fsp3) is 0.346. The van der Waals surface area contributed by atoms with Crippen LogP contribution in [0.4, 0.5) is 13.2 Å². The van der Waals surface area contributed by atoms with E-state index in [1.54, 1.807) is 25.1 Å². The van der Waals surface area contributed by atoms with Crippen molar-refractivity contribution in [3.63, 3.8) is 0 Å². The zero-order chi connectivity index (χ0) is 28.0. The Morgan fingerprint density at radius 2 is 1.79 bits per heavy atom. The number of carbonyl (C=O) groups excluding carboxylic acids is 1. The Bertz CT molecular complexity index is 1310. The molecule has 0 radical (unpaired) electrons. The monoisotopic (exact) mass is 551 g/mol. The molecule has 8 nitrogen and oxygen atoms in total. The smallest absolute Gasteiger partial charge is 0.416 e. The highest BCUT2D eigenvalue weighted by Crippen LogP contribution is 2.34. The molecule has 0 saturated carbocycles. The molecule has 204 valence electrons. The molecule has 2 unspecified atom stereocenters. The summed E-state index contributed by atoms with van der Waals surface area (Å²) in [6, 6.07) is 8.76. The molecule has 0 amide bonds. The van der Waals surface area contributed by atoms with E-state index < -0.39 is 35.4 Å². The number of hydrogen-bond donors (Lipinski definition) is 2. The Hall–Kier alpha value is -3.51. The lowest BCUT2D eigenvalue weighted by atomic mass is 10.1. The van der Waals surface area contributed by atoms with Crippen LogP contribution in [0.3, 0.4) is 0 Å². The summed E-state index contributed by atoms with van der Waals surface area (Å²) in [4.78, 5) is 31.8. The van der Waals surface area contributed by atoms with Crippen molar-refractivity contribution in [2.24, 2.45) is 11.7 Å². The summed E-state index contributed by atoms with van der Waals surface area (Å²) in [7, 11) is 1.46. The van der Waals surface area contributed by atoms with Gasteiger partial charge < -0.3 is 24.9 Å². The van der Waals surface area contributed by atoms with Crippen molar-refractivity contribution < 1.29 is 32.2 Å². The van der Waals surface area contributed by atoms with Gasteiger partial charge in [-0.05, 0) is 55.3 Å². The Labute approximate surface area is 221 Å². The number of esters is 1. The zero-order valence-corrected chi connectivity index (χ0v) is 22.0. The van der Waals surface area contributed by atoms with Crippen LogP contribution in [0.25, 0.3) is 11.3 Å². The summed E-state index contributed by atoms with van der Waals surface area (Å²) in [6.45, 7) is 5.41. The van der Waals surface area contributed by atoms with Gasteiger partial charge in [0.25, 0.3) is 5.56 Å². The molecule has 38 heavy (non-hydrogen) atoms. The molecule has 0 aliphatic rings. The van der Waals surface area contributed by atoms with Gasteiger partial charge in [-0.1, -0.05) is 25.6 Å². The van der Waals surface area contributed by atoms with E-state index in [4.69, 9.17) is 19.9 Å². The summed E-state index contributed by atoms with van der Waals surface area (Å²) >= 11 is 0.947. The number of ether oxygens (including phenoxy) is 3. The first kappa shape index (κ1) is 29.1. The van der Waals surface area contributed by atoms with Gasteiger partial charge in [-0.2, -0.15) is 13.2 Å². The van der Waals surface area contributed by atoms with E-state index in [1.807, 2.05) is 13.8 Å². The Kier molecular flexibility index (Phi) is 9.45. The van der Waals surface area contributed by atoms with Gasteiger partial charge in [0.15, 0.2) is 16.5 Å². The number of alkyl halides is 3. The minimum Gasteiger partial charge on any atom is -0.493 e. The number of benzene rings is 2. The average molecular weight is 552 g/mol. The van der Waals surface area contributed by atoms with Crippen LogP contribution in [0.2, 0.25) is 0 Å². The van der Waals surface area contributed by atoms with Gasteiger partial charge in [-0.25, -0.2) is 4.98 Å². The molecule has 3 rings (SSSR count). The molecule has 2 aromatic carbocycles. The van der Waals surface area contributed by atoms with Gasteiger partial charge in [-0.15, -0.1) is 0 Å². The molecule has 0 aliphatic carbocycles. The van der Waals surface area contributed by atoms with Crippen molar-refractivity contribution in [3.8, 4) is 22.8 Å². The standard InChI is InChI=1S/C26H28F3N3O5S/c1-14(2)22(30)25(34)37-15(3)13-36-20-10-5-16(11-21(20)35-4)19-12-31-23(33)24(32-19)38-18-8-6-17(7-9-18)26(27,28)29/h5-12,14-15,22H,13,30H2,1-4H3,(H,31,33). The number of rotatable bonds is 10. The van der Waals surface area contributed by atoms with Crippen LogP contribution in [-0.2, 0) is 15.7 Å². The van der Waals surface area contributed by atoms with Crippen molar-refractivity contribution in [2.45, 2.75) is 49.0 Å². The summed E-state index contributed by atoms with van der Waals surface area (Å²) in [5.41, 5.74) is 5.56. The molecule has 0 fully saturated rings.